The van der Waals surface area contributed by atoms with Crippen molar-refractivity contribution < 1.29 is 9.84 Å². The fourth-order valence-corrected chi connectivity index (χ4v) is 1.18. The second-order valence-electron chi connectivity index (χ2n) is 2.26. The molecule has 0 aromatic carbocycles. The third kappa shape index (κ3) is 7.57. The number of rotatable bonds is 4. The highest BCUT2D eigenvalue weighted by Crippen LogP contribution is 2.05. The number of thioether (sulfide) groups is 1. The summed E-state index contributed by atoms with van der Waals surface area (Å²) < 4.78 is 4.70. The van der Waals surface area contributed by atoms with Crippen molar-refractivity contribution in [3.8, 4) is 0 Å². The van der Waals surface area contributed by atoms with Crippen LogP contribution in [0, 0.1) is 5.41 Å². The third-order valence-corrected chi connectivity index (χ3v) is 1.92. The monoisotopic (exact) mass is 206 g/mol. The molecule has 0 fully saturated rings. The maximum absolute atomic E-state index is 9.18. The van der Waals surface area contributed by atoms with Gasteiger partial charge in [-0.15, -0.1) is 0 Å². The van der Waals surface area contributed by atoms with Crippen LogP contribution in [0.1, 0.15) is 0 Å². The van der Waals surface area contributed by atoms with Crippen LogP contribution in [0.2, 0.25) is 0 Å². The minimum absolute atomic E-state index is 0.0184. The van der Waals surface area contributed by atoms with E-state index in [0.29, 0.717) is 5.75 Å². The number of amidine groups is 1. The second-order valence-corrected chi connectivity index (χ2v) is 3.27. The van der Waals surface area contributed by atoms with Gasteiger partial charge in [-0.2, -0.15) is 4.99 Å². The van der Waals surface area contributed by atoms with Crippen molar-refractivity contribution in [2.75, 3.05) is 19.5 Å². The number of nitrogens with one attached hydrogen (secondary N) is 1. The molecular formula is C6H14N4O2S. The molecule has 0 saturated carbocycles. The molecule has 6 N–H and O–H groups in total. The van der Waals surface area contributed by atoms with Crippen LogP contribution < -0.4 is 11.5 Å². The molecule has 1 atom stereocenters. The van der Waals surface area contributed by atoms with Gasteiger partial charge in [0.15, 0.2) is 11.1 Å². The third-order valence-electron chi connectivity index (χ3n) is 1.00. The Labute approximate surface area is 80.9 Å². The van der Waals surface area contributed by atoms with Gasteiger partial charge in [0.1, 0.15) is 0 Å². The molecule has 0 bridgehead atoms. The first kappa shape index (κ1) is 12.2. The van der Waals surface area contributed by atoms with Crippen molar-refractivity contribution in [1.29, 1.82) is 5.41 Å². The molecule has 6 nitrogen and oxygen atoms in total. The molecule has 1 unspecified atom stereocenters. The summed E-state index contributed by atoms with van der Waals surface area (Å²) in [6, 6.07) is 0. The number of hydrogen-bond donors (Lipinski definition) is 4. The molecule has 13 heavy (non-hydrogen) atoms. The lowest BCUT2D eigenvalue weighted by atomic mass is 10.4. The Morgan fingerprint density at radius 2 is 2.31 bits per heavy atom. The topological polar surface area (TPSA) is 118 Å². The van der Waals surface area contributed by atoms with Crippen molar-refractivity contribution in [3.63, 3.8) is 0 Å². The van der Waals surface area contributed by atoms with E-state index < -0.39 is 6.10 Å². The molecule has 0 spiro atoms. The SMILES string of the molecule is COCC(O)CSC(=N)N=C(N)N. The summed E-state index contributed by atoms with van der Waals surface area (Å²) >= 11 is 1.06. The van der Waals surface area contributed by atoms with Gasteiger partial charge < -0.3 is 21.3 Å². The van der Waals surface area contributed by atoms with Gasteiger partial charge in [0, 0.05) is 12.9 Å². The molecule has 0 radical (unpaired) electrons. The Morgan fingerprint density at radius 3 is 2.77 bits per heavy atom. The summed E-state index contributed by atoms with van der Waals surface area (Å²) in [6.07, 6.45) is -0.607. The Morgan fingerprint density at radius 1 is 1.69 bits per heavy atom. The molecule has 0 aliphatic heterocycles. The number of methoxy groups -OCH3 is 1. The van der Waals surface area contributed by atoms with Crippen molar-refractivity contribution in [2.45, 2.75) is 6.10 Å². The standard InChI is InChI=1S/C6H14N4O2S/c1-12-2-4(11)3-13-6(9)10-5(7)8/h4,11H,2-3H2,1H3,(H5,7,8,9,10). The smallest absolute Gasteiger partial charge is 0.193 e. The maximum atomic E-state index is 9.18. The van der Waals surface area contributed by atoms with E-state index in [0.717, 1.165) is 11.8 Å². The van der Waals surface area contributed by atoms with Gasteiger partial charge in [-0.3, -0.25) is 5.41 Å². The van der Waals surface area contributed by atoms with E-state index in [2.05, 4.69) is 4.99 Å². The highest BCUT2D eigenvalue weighted by Gasteiger charge is 2.05. The van der Waals surface area contributed by atoms with E-state index in [4.69, 9.17) is 21.6 Å². The van der Waals surface area contributed by atoms with Gasteiger partial charge in [0.25, 0.3) is 0 Å². The van der Waals surface area contributed by atoms with Gasteiger partial charge in [-0.25, -0.2) is 0 Å². The number of aliphatic hydroxyl groups is 1. The average Bonchev–Trinajstić information content (AvgIpc) is 2.00. The van der Waals surface area contributed by atoms with Gasteiger partial charge in [-0.05, 0) is 0 Å². The Hall–Kier alpha value is -0.790. The number of hydrogen-bond acceptors (Lipinski definition) is 4. The van der Waals surface area contributed by atoms with Crippen LogP contribution in [0.15, 0.2) is 4.99 Å². The summed E-state index contributed by atoms with van der Waals surface area (Å²) in [7, 11) is 1.50. The summed E-state index contributed by atoms with van der Waals surface area (Å²) in [5.41, 5.74) is 10.1. The highest BCUT2D eigenvalue weighted by atomic mass is 32.2. The van der Waals surface area contributed by atoms with Crippen LogP contribution in [0.25, 0.3) is 0 Å². The van der Waals surface area contributed by atoms with Crippen molar-refractivity contribution in [3.05, 3.63) is 0 Å². The molecule has 0 saturated heterocycles. The van der Waals surface area contributed by atoms with Crippen LogP contribution in [0.3, 0.4) is 0 Å². The lowest BCUT2D eigenvalue weighted by Gasteiger charge is -2.07. The summed E-state index contributed by atoms with van der Waals surface area (Å²) in [5.74, 6) is 0.183. The van der Waals surface area contributed by atoms with E-state index in [1.54, 1.807) is 0 Å². The molecule has 0 aromatic heterocycles. The van der Waals surface area contributed by atoms with Gasteiger partial charge in [0.05, 0.1) is 12.7 Å². The van der Waals surface area contributed by atoms with Crippen LogP contribution in [-0.2, 0) is 4.74 Å². The maximum Gasteiger partial charge on any atom is 0.193 e. The van der Waals surface area contributed by atoms with E-state index in [-0.39, 0.29) is 17.7 Å². The van der Waals surface area contributed by atoms with Crippen molar-refractivity contribution in [1.82, 2.24) is 0 Å². The lowest BCUT2D eigenvalue weighted by Crippen LogP contribution is -2.24. The summed E-state index contributed by atoms with van der Waals surface area (Å²) in [5, 5.41) is 16.4. The second kappa shape index (κ2) is 6.70. The minimum Gasteiger partial charge on any atom is -0.390 e. The van der Waals surface area contributed by atoms with Gasteiger partial charge in [-0.1, -0.05) is 11.8 Å². The lowest BCUT2D eigenvalue weighted by molar-refractivity contribution is 0.0795. The number of nitrogens with two attached hydrogens (primary N) is 2. The van der Waals surface area contributed by atoms with Crippen LogP contribution in [-0.4, -0.2) is 41.8 Å². The molecule has 0 heterocycles. The van der Waals surface area contributed by atoms with E-state index >= 15 is 0 Å². The fourth-order valence-electron chi connectivity index (χ4n) is 0.565. The summed E-state index contributed by atoms with van der Waals surface area (Å²) in [4.78, 5) is 3.48. The number of guanidine groups is 1. The Kier molecular flexibility index (Phi) is 6.29. The normalized spacial score (nSPS) is 12.2. The first-order chi connectivity index (χ1) is 6.06. The zero-order chi connectivity index (χ0) is 10.3. The zero-order valence-corrected chi connectivity index (χ0v) is 8.17. The first-order valence-electron chi connectivity index (χ1n) is 3.54. The number of nitrogens with zero attached hydrogens (tertiary/aromatic N) is 1. The predicted octanol–water partition coefficient (Wildman–Crippen LogP) is -1.06. The number of aliphatic hydroxyl groups excluding tert-OH is 1. The summed E-state index contributed by atoms with van der Waals surface area (Å²) in [6.45, 7) is 0.238. The van der Waals surface area contributed by atoms with Gasteiger partial charge >= 0.3 is 0 Å². The Balaban J connectivity index is 3.64. The number of ether oxygens (including phenoxy) is 1. The van der Waals surface area contributed by atoms with E-state index in [9.17, 15) is 5.11 Å². The highest BCUT2D eigenvalue weighted by molar-refractivity contribution is 8.13. The van der Waals surface area contributed by atoms with Crippen LogP contribution in [0.4, 0.5) is 0 Å². The van der Waals surface area contributed by atoms with Crippen LogP contribution in [0.5, 0.6) is 0 Å². The molecule has 0 amide bonds. The molecule has 0 aromatic rings. The molecule has 0 aliphatic rings. The molecule has 0 rings (SSSR count). The largest absolute Gasteiger partial charge is 0.390 e. The molecule has 7 heteroatoms. The van der Waals surface area contributed by atoms with Crippen LogP contribution >= 0.6 is 11.8 Å². The minimum atomic E-state index is -0.607. The quantitative estimate of drug-likeness (QED) is 0.345. The molecular weight excluding hydrogens is 192 g/mol. The fraction of sp³-hybridized carbons (Fsp3) is 0.667. The van der Waals surface area contributed by atoms with E-state index in [1.807, 2.05) is 0 Å². The van der Waals surface area contributed by atoms with Gasteiger partial charge in [0.2, 0.25) is 0 Å². The molecule has 0 aliphatic carbocycles. The Bertz CT molecular complexity index is 193. The van der Waals surface area contributed by atoms with E-state index in [1.165, 1.54) is 7.11 Å². The average molecular weight is 206 g/mol. The zero-order valence-electron chi connectivity index (χ0n) is 7.36. The first-order valence-corrected chi connectivity index (χ1v) is 4.52. The molecule has 76 valence electrons. The number of aliphatic imine (C=N–C) groups is 1. The predicted molar refractivity (Wildman–Crippen MR) is 53.9 cm³/mol. The van der Waals surface area contributed by atoms with Crippen molar-refractivity contribution >= 4 is 22.9 Å². The van der Waals surface area contributed by atoms with Crippen molar-refractivity contribution in [2.24, 2.45) is 16.5 Å².